The summed E-state index contributed by atoms with van der Waals surface area (Å²) in [6.07, 6.45) is 0. The SMILES string of the molecule is O=C([O-])[C@@H]1c2c(-c3ccc(F)cc3)csc2[C@H]2CN1C(=O)N2OS(=O)(=O)O.[Na+]. The van der Waals surface area contributed by atoms with Crippen molar-refractivity contribution in [3.8, 4) is 11.1 Å². The van der Waals surface area contributed by atoms with Gasteiger partial charge in [0.2, 0.25) is 0 Å². The summed E-state index contributed by atoms with van der Waals surface area (Å²) in [6, 6.07) is 1.91. The van der Waals surface area contributed by atoms with Crippen LogP contribution in [0.5, 0.6) is 0 Å². The van der Waals surface area contributed by atoms with Crippen molar-refractivity contribution < 1.29 is 65.9 Å². The van der Waals surface area contributed by atoms with E-state index >= 15 is 0 Å². The number of benzene rings is 1. The van der Waals surface area contributed by atoms with Gasteiger partial charge in [0, 0.05) is 10.4 Å². The molecule has 9 nitrogen and oxygen atoms in total. The molecule has 0 spiro atoms. The van der Waals surface area contributed by atoms with E-state index in [9.17, 15) is 27.5 Å². The van der Waals surface area contributed by atoms with Crippen molar-refractivity contribution in [1.82, 2.24) is 9.96 Å². The Morgan fingerprint density at radius 1 is 1.32 bits per heavy atom. The second-order valence-electron chi connectivity index (χ2n) is 5.93. The largest absolute Gasteiger partial charge is 1.00 e. The van der Waals surface area contributed by atoms with E-state index in [1.165, 1.54) is 24.3 Å². The summed E-state index contributed by atoms with van der Waals surface area (Å²) in [7, 11) is -4.99. The van der Waals surface area contributed by atoms with E-state index in [1.807, 2.05) is 0 Å². The van der Waals surface area contributed by atoms with Crippen molar-refractivity contribution in [2.45, 2.75) is 12.1 Å². The second kappa shape index (κ2) is 7.37. The number of carbonyl (C=O) groups is 2. The summed E-state index contributed by atoms with van der Waals surface area (Å²) < 4.78 is 48.6. The molecule has 1 fully saturated rings. The Balaban J connectivity index is 0.00000225. The van der Waals surface area contributed by atoms with Gasteiger partial charge in [0.25, 0.3) is 0 Å². The number of carboxylic acid groups (broad SMARTS) is 1. The van der Waals surface area contributed by atoms with E-state index in [1.54, 1.807) is 5.38 Å². The molecule has 28 heavy (non-hydrogen) atoms. The van der Waals surface area contributed by atoms with Gasteiger partial charge in [-0.25, -0.2) is 9.18 Å². The smallest absolute Gasteiger partial charge is 0.548 e. The molecular weight excluding hydrogens is 426 g/mol. The zero-order valence-corrected chi connectivity index (χ0v) is 17.9. The molecule has 0 saturated carbocycles. The first-order valence-corrected chi connectivity index (χ1v) is 9.77. The monoisotopic (exact) mass is 436 g/mol. The molecular formula is C15H10FN2NaO7S2. The van der Waals surface area contributed by atoms with Crippen molar-refractivity contribution in [2.24, 2.45) is 0 Å². The van der Waals surface area contributed by atoms with Crippen LogP contribution in [0.25, 0.3) is 11.1 Å². The number of halogens is 1. The zero-order valence-electron chi connectivity index (χ0n) is 14.2. The number of nitrogens with zero attached hydrogens (tertiary/aromatic N) is 2. The number of carboxylic acids is 1. The zero-order chi connectivity index (χ0) is 19.5. The fraction of sp³-hybridized carbons (Fsp3) is 0.200. The Morgan fingerprint density at radius 2 is 1.96 bits per heavy atom. The maximum Gasteiger partial charge on any atom is 1.00 e. The number of hydrogen-bond donors (Lipinski definition) is 1. The fourth-order valence-electron chi connectivity index (χ4n) is 3.37. The molecule has 2 aromatic rings. The molecule has 4 rings (SSSR count). The minimum atomic E-state index is -4.99. The van der Waals surface area contributed by atoms with Gasteiger partial charge in [-0.1, -0.05) is 12.1 Å². The van der Waals surface area contributed by atoms with Gasteiger partial charge in [-0.2, -0.15) is 13.5 Å². The van der Waals surface area contributed by atoms with Crippen LogP contribution < -0.4 is 34.7 Å². The maximum atomic E-state index is 13.2. The first-order chi connectivity index (χ1) is 12.7. The van der Waals surface area contributed by atoms with E-state index in [0.717, 1.165) is 16.2 Å². The van der Waals surface area contributed by atoms with Crippen LogP contribution in [0.2, 0.25) is 0 Å². The van der Waals surface area contributed by atoms with Crippen LogP contribution in [0.1, 0.15) is 22.5 Å². The minimum Gasteiger partial charge on any atom is -0.548 e. The second-order valence-corrected chi connectivity index (χ2v) is 7.85. The minimum absolute atomic E-state index is 0. The van der Waals surface area contributed by atoms with Crippen molar-refractivity contribution in [3.05, 3.63) is 45.9 Å². The number of urea groups is 1. The third kappa shape index (κ3) is 3.45. The first-order valence-electron chi connectivity index (χ1n) is 7.52. The average Bonchev–Trinajstić information content (AvgIpc) is 3.11. The van der Waals surface area contributed by atoms with Crippen LogP contribution in [0.3, 0.4) is 0 Å². The Kier molecular flexibility index (Phi) is 5.57. The molecule has 13 heteroatoms. The molecule has 0 radical (unpaired) electrons. The quantitative estimate of drug-likeness (QED) is 0.429. The van der Waals surface area contributed by atoms with E-state index in [0.29, 0.717) is 21.1 Å². The predicted octanol–water partition coefficient (Wildman–Crippen LogP) is -2.12. The number of hydroxylamine groups is 2. The van der Waals surface area contributed by atoms with Gasteiger partial charge < -0.3 is 14.8 Å². The molecule has 142 valence electrons. The van der Waals surface area contributed by atoms with Crippen molar-refractivity contribution >= 4 is 33.7 Å². The molecule has 1 N–H and O–H groups in total. The van der Waals surface area contributed by atoms with Crippen LogP contribution >= 0.6 is 11.3 Å². The van der Waals surface area contributed by atoms with Crippen molar-refractivity contribution in [1.29, 1.82) is 0 Å². The molecule has 0 unspecified atom stereocenters. The van der Waals surface area contributed by atoms with E-state index in [-0.39, 0.29) is 41.7 Å². The van der Waals surface area contributed by atoms with Crippen molar-refractivity contribution in [2.75, 3.05) is 6.54 Å². The summed E-state index contributed by atoms with van der Waals surface area (Å²) in [6.45, 7) is -0.149. The molecule has 2 aliphatic rings. The number of thiophene rings is 1. The van der Waals surface area contributed by atoms with Gasteiger partial charge in [0.05, 0.1) is 12.5 Å². The van der Waals surface area contributed by atoms with Gasteiger partial charge >= 0.3 is 46.0 Å². The molecule has 1 aromatic heterocycles. The van der Waals surface area contributed by atoms with E-state index in [2.05, 4.69) is 4.28 Å². The Morgan fingerprint density at radius 3 is 2.54 bits per heavy atom. The normalized spacial score (nSPS) is 20.7. The Labute approximate surface area is 184 Å². The maximum absolute atomic E-state index is 13.2. The van der Waals surface area contributed by atoms with Crippen LogP contribution in [-0.4, -0.2) is 41.5 Å². The Bertz CT molecular complexity index is 1060. The van der Waals surface area contributed by atoms with Gasteiger partial charge in [-0.3, -0.25) is 4.55 Å². The molecule has 2 amide bonds. The first kappa shape index (κ1) is 21.2. The number of hydrogen-bond acceptors (Lipinski definition) is 7. The predicted molar refractivity (Wildman–Crippen MR) is 86.8 cm³/mol. The molecule has 0 aliphatic carbocycles. The van der Waals surface area contributed by atoms with E-state index in [4.69, 9.17) is 4.55 Å². The van der Waals surface area contributed by atoms with Crippen LogP contribution in [0, 0.1) is 5.82 Å². The van der Waals surface area contributed by atoms with Gasteiger partial charge in [0.15, 0.2) is 0 Å². The molecule has 2 aliphatic heterocycles. The number of carbonyl (C=O) groups excluding carboxylic acids is 2. The number of aliphatic carboxylic acids is 1. The topological polar surface area (TPSA) is 127 Å². The molecule has 2 atom stereocenters. The summed E-state index contributed by atoms with van der Waals surface area (Å²) >= 11 is 1.10. The third-order valence-corrected chi connectivity index (χ3v) is 5.84. The standard InChI is InChI=1S/C15H11FN2O7S2.Na/c16-8-3-1-7(2-4-8)9-6-26-13-10-5-17(12(11(9)13)14(19)20)15(21)18(10)25-27(22,23)24;/h1-4,6,10,12H,5H2,(H,19,20)(H,22,23,24);/q;+1/p-1/t10-,12+;/m1./s1. The van der Waals surface area contributed by atoms with Crippen LogP contribution in [-0.2, 0) is 19.5 Å². The summed E-state index contributed by atoms with van der Waals surface area (Å²) in [5.74, 6) is -2.02. The summed E-state index contributed by atoms with van der Waals surface area (Å²) in [5.41, 5.74) is 1.23. The average molecular weight is 436 g/mol. The summed E-state index contributed by atoms with van der Waals surface area (Å²) in [4.78, 5) is 25.5. The fourth-order valence-corrected chi connectivity index (χ4v) is 4.92. The molecule has 2 bridgehead atoms. The van der Waals surface area contributed by atoms with Gasteiger partial charge in [-0.15, -0.1) is 15.6 Å². The number of fused-ring (bicyclic) bond motifs is 4. The number of amides is 2. The van der Waals surface area contributed by atoms with Crippen LogP contribution in [0.15, 0.2) is 29.6 Å². The molecule has 1 aromatic carbocycles. The van der Waals surface area contributed by atoms with Crippen LogP contribution in [0.4, 0.5) is 9.18 Å². The van der Waals surface area contributed by atoms with Gasteiger partial charge in [0.1, 0.15) is 17.9 Å². The Hall–Kier alpha value is -1.54. The van der Waals surface area contributed by atoms with Gasteiger partial charge in [-0.05, 0) is 28.6 Å². The molecule has 3 heterocycles. The summed E-state index contributed by atoms with van der Waals surface area (Å²) in [5, 5.41) is 13.9. The van der Waals surface area contributed by atoms with Crippen molar-refractivity contribution in [3.63, 3.8) is 0 Å². The number of rotatable bonds is 4. The van der Waals surface area contributed by atoms with E-state index < -0.39 is 40.3 Å². The third-order valence-electron chi connectivity index (χ3n) is 4.39. The molecule has 1 saturated heterocycles.